The van der Waals surface area contributed by atoms with Gasteiger partial charge in [0.2, 0.25) is 0 Å². The summed E-state index contributed by atoms with van der Waals surface area (Å²) in [6.07, 6.45) is 0. The van der Waals surface area contributed by atoms with Gasteiger partial charge in [0.05, 0.1) is 17.2 Å². The number of amides is 1. The molecule has 0 atom stereocenters. The highest BCUT2D eigenvalue weighted by Gasteiger charge is 2.11. The second kappa shape index (κ2) is 5.19. The number of carbonyl (C=O) groups is 1. The summed E-state index contributed by atoms with van der Waals surface area (Å²) in [5, 5.41) is 11.2. The number of nitrogen functional groups attached to an aromatic ring is 1. The predicted octanol–water partition coefficient (Wildman–Crippen LogP) is 2.53. The maximum atomic E-state index is 13.5. The first kappa shape index (κ1) is 12.6. The van der Waals surface area contributed by atoms with Gasteiger partial charge in [-0.05, 0) is 42.5 Å². The molecule has 0 bridgehead atoms. The molecule has 2 aromatic rings. The van der Waals surface area contributed by atoms with Crippen molar-refractivity contribution in [2.45, 2.75) is 0 Å². The van der Waals surface area contributed by atoms with Crippen molar-refractivity contribution in [1.82, 2.24) is 0 Å². The van der Waals surface area contributed by atoms with E-state index in [1.807, 2.05) is 6.07 Å². The third-order valence-electron chi connectivity index (χ3n) is 2.51. The van der Waals surface area contributed by atoms with Crippen LogP contribution in [0, 0.1) is 17.1 Å². The molecule has 2 rings (SSSR count). The van der Waals surface area contributed by atoms with Crippen LogP contribution in [0.5, 0.6) is 0 Å². The van der Waals surface area contributed by atoms with Gasteiger partial charge in [0, 0.05) is 11.4 Å². The number of anilines is 2. The summed E-state index contributed by atoms with van der Waals surface area (Å²) in [6, 6.07) is 12.1. The van der Waals surface area contributed by atoms with Crippen LogP contribution in [0.3, 0.4) is 0 Å². The van der Waals surface area contributed by atoms with Crippen molar-refractivity contribution in [2.75, 3.05) is 11.1 Å². The molecule has 0 aliphatic rings. The quantitative estimate of drug-likeness (QED) is 0.809. The minimum Gasteiger partial charge on any atom is -0.399 e. The van der Waals surface area contributed by atoms with E-state index in [0.29, 0.717) is 11.3 Å². The number of nitrogens with one attached hydrogen (secondary N) is 1. The Morgan fingerprint density at radius 1 is 1.21 bits per heavy atom. The lowest BCUT2D eigenvalue weighted by molar-refractivity contribution is 0.102. The van der Waals surface area contributed by atoms with Crippen molar-refractivity contribution in [1.29, 1.82) is 5.26 Å². The SMILES string of the molecule is N#Cc1ccc(NC(=O)c2ccc(N)cc2F)cc1. The van der Waals surface area contributed by atoms with E-state index < -0.39 is 11.7 Å². The molecule has 2 aromatic carbocycles. The Labute approximate surface area is 109 Å². The monoisotopic (exact) mass is 255 g/mol. The zero-order valence-electron chi connectivity index (χ0n) is 9.85. The summed E-state index contributed by atoms with van der Waals surface area (Å²) >= 11 is 0. The number of hydrogen-bond acceptors (Lipinski definition) is 3. The zero-order valence-corrected chi connectivity index (χ0v) is 9.85. The van der Waals surface area contributed by atoms with Crippen LogP contribution in [0.25, 0.3) is 0 Å². The highest BCUT2D eigenvalue weighted by atomic mass is 19.1. The van der Waals surface area contributed by atoms with Crippen LogP contribution in [0.15, 0.2) is 42.5 Å². The van der Waals surface area contributed by atoms with Crippen LogP contribution in [0.4, 0.5) is 15.8 Å². The van der Waals surface area contributed by atoms with Crippen molar-refractivity contribution in [3.05, 3.63) is 59.4 Å². The Morgan fingerprint density at radius 2 is 1.89 bits per heavy atom. The van der Waals surface area contributed by atoms with Gasteiger partial charge in [0.15, 0.2) is 0 Å². The largest absolute Gasteiger partial charge is 0.399 e. The molecule has 3 N–H and O–H groups in total. The van der Waals surface area contributed by atoms with Crippen molar-refractivity contribution in [2.24, 2.45) is 0 Å². The Kier molecular flexibility index (Phi) is 3.44. The van der Waals surface area contributed by atoms with Gasteiger partial charge in [-0.25, -0.2) is 4.39 Å². The molecule has 0 heterocycles. The van der Waals surface area contributed by atoms with Gasteiger partial charge < -0.3 is 11.1 Å². The van der Waals surface area contributed by atoms with E-state index in [4.69, 9.17) is 11.0 Å². The van der Waals surface area contributed by atoms with Crippen LogP contribution in [-0.4, -0.2) is 5.91 Å². The van der Waals surface area contributed by atoms with Gasteiger partial charge in [-0.1, -0.05) is 0 Å². The van der Waals surface area contributed by atoms with Crippen LogP contribution in [-0.2, 0) is 0 Å². The standard InChI is InChI=1S/C14H10FN3O/c15-13-7-10(17)3-6-12(13)14(19)18-11-4-1-9(8-16)2-5-11/h1-7H,17H2,(H,18,19). The molecule has 1 amide bonds. The normalized spacial score (nSPS) is 9.68. The second-order valence-electron chi connectivity index (χ2n) is 3.88. The van der Waals surface area contributed by atoms with Crippen LogP contribution in [0.1, 0.15) is 15.9 Å². The van der Waals surface area contributed by atoms with E-state index in [9.17, 15) is 9.18 Å². The minimum atomic E-state index is -0.675. The van der Waals surface area contributed by atoms with Crippen LogP contribution in [0.2, 0.25) is 0 Å². The highest BCUT2D eigenvalue weighted by Crippen LogP contribution is 2.15. The van der Waals surface area contributed by atoms with Crippen LogP contribution >= 0.6 is 0 Å². The Bertz CT molecular complexity index is 659. The molecule has 0 aliphatic carbocycles. The number of nitrogens with two attached hydrogens (primary N) is 1. The number of nitriles is 1. The number of hydrogen-bond donors (Lipinski definition) is 2. The molecule has 5 heteroatoms. The number of carbonyl (C=O) groups excluding carboxylic acids is 1. The molecule has 0 aromatic heterocycles. The second-order valence-corrected chi connectivity index (χ2v) is 3.88. The van der Waals surface area contributed by atoms with Gasteiger partial charge in [-0.2, -0.15) is 5.26 Å². The van der Waals surface area contributed by atoms with Gasteiger partial charge in [0.25, 0.3) is 5.91 Å². The fourth-order valence-corrected chi connectivity index (χ4v) is 1.54. The smallest absolute Gasteiger partial charge is 0.258 e. The Morgan fingerprint density at radius 3 is 2.47 bits per heavy atom. The predicted molar refractivity (Wildman–Crippen MR) is 69.9 cm³/mol. The average Bonchev–Trinajstić information content (AvgIpc) is 2.39. The van der Waals surface area contributed by atoms with Crippen LogP contribution < -0.4 is 11.1 Å². The number of benzene rings is 2. The lowest BCUT2D eigenvalue weighted by Crippen LogP contribution is -2.13. The van der Waals surface area contributed by atoms with E-state index in [1.54, 1.807) is 24.3 Å². The Balaban J connectivity index is 2.18. The maximum Gasteiger partial charge on any atom is 0.258 e. The first-order valence-electron chi connectivity index (χ1n) is 5.46. The van der Waals surface area contributed by atoms with Gasteiger partial charge in [-0.3, -0.25) is 4.79 Å². The topological polar surface area (TPSA) is 78.9 Å². The average molecular weight is 255 g/mol. The van der Waals surface area contributed by atoms with Crippen molar-refractivity contribution >= 4 is 17.3 Å². The first-order chi connectivity index (χ1) is 9.10. The fraction of sp³-hybridized carbons (Fsp3) is 0. The van der Waals surface area contributed by atoms with Crippen molar-refractivity contribution < 1.29 is 9.18 Å². The summed E-state index contributed by atoms with van der Waals surface area (Å²) in [5.74, 6) is -1.24. The molecule has 0 radical (unpaired) electrons. The summed E-state index contributed by atoms with van der Waals surface area (Å²) in [6.45, 7) is 0. The van der Waals surface area contributed by atoms with Gasteiger partial charge in [-0.15, -0.1) is 0 Å². The third kappa shape index (κ3) is 2.87. The molecule has 0 unspecified atom stereocenters. The van der Waals surface area contributed by atoms with E-state index in [1.165, 1.54) is 12.1 Å². The molecule has 0 spiro atoms. The highest BCUT2D eigenvalue weighted by molar-refractivity contribution is 6.04. The molecule has 94 valence electrons. The van der Waals surface area contributed by atoms with Gasteiger partial charge >= 0.3 is 0 Å². The molecule has 0 saturated carbocycles. The summed E-state index contributed by atoms with van der Waals surface area (Å²) in [5.41, 5.74) is 6.55. The van der Waals surface area contributed by atoms with E-state index in [-0.39, 0.29) is 11.3 Å². The molecule has 19 heavy (non-hydrogen) atoms. The van der Waals surface area contributed by atoms with Crippen molar-refractivity contribution in [3.63, 3.8) is 0 Å². The summed E-state index contributed by atoms with van der Waals surface area (Å²) in [4.78, 5) is 11.8. The van der Waals surface area contributed by atoms with E-state index in [2.05, 4.69) is 5.32 Å². The van der Waals surface area contributed by atoms with Gasteiger partial charge in [0.1, 0.15) is 5.82 Å². The minimum absolute atomic E-state index is 0.0847. The zero-order chi connectivity index (χ0) is 13.8. The number of nitrogens with zero attached hydrogens (tertiary/aromatic N) is 1. The summed E-state index contributed by atoms with van der Waals surface area (Å²) in [7, 11) is 0. The molecular weight excluding hydrogens is 245 g/mol. The van der Waals surface area contributed by atoms with Crippen molar-refractivity contribution in [3.8, 4) is 6.07 Å². The Hall–Kier alpha value is -2.87. The first-order valence-corrected chi connectivity index (χ1v) is 5.46. The summed E-state index contributed by atoms with van der Waals surface area (Å²) < 4.78 is 13.5. The lowest BCUT2D eigenvalue weighted by Gasteiger charge is -2.06. The number of rotatable bonds is 2. The molecule has 0 fully saturated rings. The lowest BCUT2D eigenvalue weighted by atomic mass is 10.1. The molecule has 0 aliphatic heterocycles. The third-order valence-corrected chi connectivity index (χ3v) is 2.51. The number of halogens is 1. The molecule has 0 saturated heterocycles. The van der Waals surface area contributed by atoms with E-state index in [0.717, 1.165) is 6.07 Å². The maximum absolute atomic E-state index is 13.5. The fourth-order valence-electron chi connectivity index (χ4n) is 1.54. The molecular formula is C14H10FN3O. The van der Waals surface area contributed by atoms with E-state index >= 15 is 0 Å². The molecule has 4 nitrogen and oxygen atoms in total.